The van der Waals surface area contributed by atoms with E-state index in [1.807, 2.05) is 32.7 Å². The van der Waals surface area contributed by atoms with Gasteiger partial charge in [0.25, 0.3) is 18.5 Å². The minimum absolute atomic E-state index is 0.00859. The van der Waals surface area contributed by atoms with Gasteiger partial charge in [-0.1, -0.05) is 29.3 Å². The van der Waals surface area contributed by atoms with Crippen molar-refractivity contribution in [3.8, 4) is 5.69 Å². The van der Waals surface area contributed by atoms with Crippen molar-refractivity contribution in [1.29, 1.82) is 0 Å². The Morgan fingerprint density at radius 1 is 1.24 bits per heavy atom. The highest BCUT2D eigenvalue weighted by Crippen LogP contribution is 2.31. The van der Waals surface area contributed by atoms with Gasteiger partial charge in [-0.2, -0.15) is 0 Å². The highest BCUT2D eigenvalue weighted by molar-refractivity contribution is 6.43. The van der Waals surface area contributed by atoms with Crippen LogP contribution in [0.2, 0.25) is 10.0 Å². The predicted octanol–water partition coefficient (Wildman–Crippen LogP) is 5.01. The van der Waals surface area contributed by atoms with Crippen molar-refractivity contribution in [2.24, 2.45) is 0 Å². The van der Waals surface area contributed by atoms with Crippen molar-refractivity contribution in [2.45, 2.75) is 58.1 Å². The molecule has 34 heavy (non-hydrogen) atoms. The molecule has 0 spiro atoms. The number of halogens is 4. The molecule has 11 heteroatoms. The molecule has 0 bridgehead atoms. The first-order valence-corrected chi connectivity index (χ1v) is 11.5. The van der Waals surface area contributed by atoms with Crippen LogP contribution in [-0.2, 0) is 9.53 Å². The predicted molar refractivity (Wildman–Crippen MR) is 131 cm³/mol. The van der Waals surface area contributed by atoms with E-state index in [1.54, 1.807) is 6.07 Å². The van der Waals surface area contributed by atoms with E-state index in [0.717, 1.165) is 17.4 Å². The van der Waals surface area contributed by atoms with E-state index in [4.69, 9.17) is 23.2 Å². The van der Waals surface area contributed by atoms with E-state index in [-0.39, 0.29) is 32.7 Å². The zero-order valence-electron chi connectivity index (χ0n) is 19.9. The fourth-order valence-corrected chi connectivity index (χ4v) is 3.71. The van der Waals surface area contributed by atoms with Crippen LogP contribution in [0.4, 0.5) is 14.6 Å². The van der Waals surface area contributed by atoms with Crippen molar-refractivity contribution in [2.75, 3.05) is 25.0 Å². The number of nitrogens with zero attached hydrogens (tertiary/aromatic N) is 3. The van der Waals surface area contributed by atoms with E-state index in [0.29, 0.717) is 19.6 Å². The zero-order valence-corrected chi connectivity index (χ0v) is 21.4. The maximum absolute atomic E-state index is 13.7. The van der Waals surface area contributed by atoms with Crippen molar-refractivity contribution in [3.63, 3.8) is 0 Å². The Bertz CT molecular complexity index is 1050. The molecule has 1 saturated heterocycles. The van der Waals surface area contributed by atoms with Gasteiger partial charge in [0.15, 0.2) is 5.82 Å². The minimum atomic E-state index is -2.94. The van der Waals surface area contributed by atoms with Gasteiger partial charge in [0.05, 0.1) is 15.7 Å². The summed E-state index contributed by atoms with van der Waals surface area (Å²) in [7, 11) is 1.90. The van der Waals surface area contributed by atoms with Crippen LogP contribution in [0.5, 0.6) is 0 Å². The normalized spacial score (nSPS) is 15.5. The fraction of sp³-hybridized carbons (Fsp3) is 0.522. The lowest BCUT2D eigenvalue weighted by Crippen LogP contribution is -2.50. The fourth-order valence-electron chi connectivity index (χ4n) is 3.33. The van der Waals surface area contributed by atoms with Gasteiger partial charge >= 0.3 is 0 Å². The van der Waals surface area contributed by atoms with Crippen LogP contribution in [0, 0.1) is 0 Å². The number of hydrogen-bond acceptors (Lipinski definition) is 6. The molecule has 188 valence electrons. The Labute approximate surface area is 208 Å². The number of rotatable bonds is 5. The summed E-state index contributed by atoms with van der Waals surface area (Å²) < 4.78 is 32.8. The SMILES string of the molecule is CC(C)(C)OC=O.CNC1(C)CCN(c2cc(=O)n(-c3cccc(Cl)c3Cl)c(C(F)F)n2)CC1. The molecule has 0 aliphatic carbocycles. The Morgan fingerprint density at radius 2 is 1.85 bits per heavy atom. The molecule has 2 heterocycles. The van der Waals surface area contributed by atoms with Gasteiger partial charge in [-0.3, -0.25) is 14.2 Å². The third kappa shape index (κ3) is 7.13. The molecule has 1 N–H and O–H groups in total. The zero-order chi connectivity index (χ0) is 25.7. The molecule has 0 atom stereocenters. The largest absolute Gasteiger partial charge is 0.462 e. The van der Waals surface area contributed by atoms with E-state index in [9.17, 15) is 18.4 Å². The number of carbonyl (C=O) groups is 1. The molecule has 1 aromatic heterocycles. The maximum atomic E-state index is 13.7. The summed E-state index contributed by atoms with van der Waals surface area (Å²) in [6.45, 7) is 9.27. The van der Waals surface area contributed by atoms with Crippen LogP contribution in [0.15, 0.2) is 29.1 Å². The highest BCUT2D eigenvalue weighted by atomic mass is 35.5. The highest BCUT2D eigenvalue weighted by Gasteiger charge is 2.30. The summed E-state index contributed by atoms with van der Waals surface area (Å²) in [5, 5.41) is 3.48. The van der Waals surface area contributed by atoms with Gasteiger partial charge in [-0.25, -0.2) is 13.8 Å². The summed E-state index contributed by atoms with van der Waals surface area (Å²) in [5.74, 6) is -0.397. The quantitative estimate of drug-likeness (QED) is 0.560. The van der Waals surface area contributed by atoms with Gasteiger partial charge in [0.2, 0.25) is 0 Å². The number of ether oxygens (including phenoxy) is 1. The molecule has 1 fully saturated rings. The second-order valence-corrected chi connectivity index (χ2v) is 9.93. The molecule has 1 aliphatic heterocycles. The van der Waals surface area contributed by atoms with Crippen molar-refractivity contribution in [3.05, 3.63) is 50.5 Å². The number of aromatic nitrogens is 2. The molecule has 0 radical (unpaired) electrons. The third-order valence-corrected chi connectivity index (χ3v) is 6.30. The number of hydrogen-bond donors (Lipinski definition) is 1. The van der Waals surface area contributed by atoms with Gasteiger partial charge in [0, 0.05) is 24.7 Å². The first kappa shape index (κ1) is 28.0. The number of alkyl halides is 2. The van der Waals surface area contributed by atoms with Gasteiger partial charge in [-0.15, -0.1) is 0 Å². The third-order valence-electron chi connectivity index (χ3n) is 5.49. The van der Waals surface area contributed by atoms with Crippen molar-refractivity contribution < 1.29 is 18.3 Å². The Hall–Kier alpha value is -2.23. The first-order valence-electron chi connectivity index (χ1n) is 10.7. The Morgan fingerprint density at radius 3 is 2.32 bits per heavy atom. The Balaban J connectivity index is 0.000000509. The van der Waals surface area contributed by atoms with E-state index in [2.05, 4.69) is 22.0 Å². The molecule has 2 aromatic rings. The van der Waals surface area contributed by atoms with Crippen LogP contribution >= 0.6 is 23.2 Å². The summed E-state index contributed by atoms with van der Waals surface area (Å²) in [6, 6.07) is 5.80. The maximum Gasteiger partial charge on any atom is 0.296 e. The van der Waals surface area contributed by atoms with Gasteiger partial charge in [0.1, 0.15) is 11.4 Å². The molecule has 1 aromatic carbocycles. The van der Waals surface area contributed by atoms with Crippen LogP contribution in [-0.4, -0.2) is 47.3 Å². The molecule has 1 aliphatic rings. The lowest BCUT2D eigenvalue weighted by atomic mass is 9.90. The number of piperidine rings is 1. The van der Waals surface area contributed by atoms with Crippen LogP contribution in [0.1, 0.15) is 52.8 Å². The number of benzene rings is 1. The molecular weight excluding hydrogens is 489 g/mol. The number of carbonyl (C=O) groups excluding carboxylic acids is 1. The summed E-state index contributed by atoms with van der Waals surface area (Å²) in [6.07, 6.45) is -1.31. The number of nitrogens with one attached hydrogen (secondary N) is 1. The van der Waals surface area contributed by atoms with E-state index in [1.165, 1.54) is 18.2 Å². The van der Waals surface area contributed by atoms with Gasteiger partial charge < -0.3 is 15.0 Å². The van der Waals surface area contributed by atoms with Crippen molar-refractivity contribution >= 4 is 35.5 Å². The summed E-state index contributed by atoms with van der Waals surface area (Å²) in [4.78, 5) is 28.3. The average molecular weight is 519 g/mol. The molecular formula is C23H30Cl2F2N4O3. The molecule has 0 unspecified atom stereocenters. The minimum Gasteiger partial charge on any atom is -0.462 e. The summed E-state index contributed by atoms with van der Waals surface area (Å²) >= 11 is 12.1. The van der Waals surface area contributed by atoms with Crippen LogP contribution < -0.4 is 15.8 Å². The van der Waals surface area contributed by atoms with E-state index < -0.39 is 17.8 Å². The molecule has 0 amide bonds. The standard InChI is InChI=1S/C18H20Cl2F2N4O.C5H10O2/c1-18(23-2)6-8-25(9-7-18)13-10-14(27)26(17(24-13)16(21)22)12-5-3-4-11(19)15(12)20;1-5(2,3)7-4-6/h3-5,10,16,23H,6-9H2,1-2H3;4H,1-3H3. The first-order chi connectivity index (χ1) is 15.8. The molecule has 7 nitrogen and oxygen atoms in total. The lowest BCUT2D eigenvalue weighted by molar-refractivity contribution is -0.138. The number of anilines is 1. The Kier molecular flexibility index (Phi) is 9.45. The average Bonchev–Trinajstić information content (AvgIpc) is 2.75. The monoisotopic (exact) mass is 518 g/mol. The second-order valence-electron chi connectivity index (χ2n) is 9.14. The molecule has 0 saturated carbocycles. The second kappa shape index (κ2) is 11.5. The van der Waals surface area contributed by atoms with E-state index >= 15 is 0 Å². The van der Waals surface area contributed by atoms with Crippen molar-refractivity contribution in [1.82, 2.24) is 14.9 Å². The lowest BCUT2D eigenvalue weighted by Gasteiger charge is -2.39. The smallest absolute Gasteiger partial charge is 0.296 e. The van der Waals surface area contributed by atoms with Crippen LogP contribution in [0.3, 0.4) is 0 Å². The molecule has 3 rings (SSSR count). The van der Waals surface area contributed by atoms with Crippen LogP contribution in [0.25, 0.3) is 5.69 Å². The summed E-state index contributed by atoms with van der Waals surface area (Å²) in [5.41, 5.74) is -0.862. The van der Waals surface area contributed by atoms with Gasteiger partial charge in [-0.05, 0) is 59.7 Å². The topological polar surface area (TPSA) is 76.5 Å².